The zero-order valence-electron chi connectivity index (χ0n) is 11.1. The van der Waals surface area contributed by atoms with E-state index in [4.69, 9.17) is 9.47 Å². The molecule has 1 aliphatic rings. The summed E-state index contributed by atoms with van der Waals surface area (Å²) in [4.78, 5) is 0. The maximum atomic E-state index is 13.5. The molecule has 0 aliphatic carbocycles. The van der Waals surface area contributed by atoms with Crippen molar-refractivity contribution in [3.8, 4) is 0 Å². The fourth-order valence-electron chi connectivity index (χ4n) is 2.03. The molecule has 0 amide bonds. The minimum atomic E-state index is -0.681. The predicted octanol–water partition coefficient (Wildman–Crippen LogP) is 2.56. The van der Waals surface area contributed by atoms with Gasteiger partial charge in [0, 0.05) is 17.6 Å². The first-order valence-electron chi connectivity index (χ1n) is 6.71. The highest BCUT2D eigenvalue weighted by Crippen LogP contribution is 2.19. The van der Waals surface area contributed by atoms with Gasteiger partial charge in [-0.1, -0.05) is 15.9 Å². The van der Waals surface area contributed by atoms with E-state index in [0.29, 0.717) is 16.8 Å². The number of nitrogens with one attached hydrogen (secondary N) is 1. The van der Waals surface area contributed by atoms with Gasteiger partial charge in [0.15, 0.2) is 0 Å². The molecule has 1 aliphatic heterocycles. The Morgan fingerprint density at radius 3 is 3.10 bits per heavy atom. The van der Waals surface area contributed by atoms with Crippen molar-refractivity contribution in [2.45, 2.75) is 25.0 Å². The lowest BCUT2D eigenvalue weighted by Gasteiger charge is -2.15. The average molecular weight is 348 g/mol. The van der Waals surface area contributed by atoms with Crippen LogP contribution in [0.4, 0.5) is 10.1 Å². The maximum absolute atomic E-state index is 13.5. The van der Waals surface area contributed by atoms with Crippen LogP contribution >= 0.6 is 15.9 Å². The Labute approximate surface area is 126 Å². The molecule has 1 saturated heterocycles. The Balaban J connectivity index is 1.65. The third-order valence-corrected chi connectivity index (χ3v) is 3.59. The Hall–Kier alpha value is -0.690. The molecule has 0 aromatic heterocycles. The number of ether oxygens (including phenoxy) is 2. The molecule has 6 heteroatoms. The van der Waals surface area contributed by atoms with Gasteiger partial charge in [-0.15, -0.1) is 0 Å². The summed E-state index contributed by atoms with van der Waals surface area (Å²) in [6.45, 7) is 1.75. The van der Waals surface area contributed by atoms with Crippen molar-refractivity contribution in [1.82, 2.24) is 0 Å². The molecule has 0 bridgehead atoms. The van der Waals surface area contributed by atoms with Gasteiger partial charge in [-0.3, -0.25) is 0 Å². The summed E-state index contributed by atoms with van der Waals surface area (Å²) in [5.41, 5.74) is 0.367. The van der Waals surface area contributed by atoms with Gasteiger partial charge in [-0.2, -0.15) is 0 Å². The molecule has 112 valence electrons. The van der Waals surface area contributed by atoms with Gasteiger partial charge in [0.2, 0.25) is 0 Å². The van der Waals surface area contributed by atoms with Crippen molar-refractivity contribution in [2.24, 2.45) is 0 Å². The van der Waals surface area contributed by atoms with E-state index in [0.717, 1.165) is 19.4 Å². The third-order valence-electron chi connectivity index (χ3n) is 3.10. The minimum absolute atomic E-state index is 0.152. The van der Waals surface area contributed by atoms with Crippen LogP contribution in [0.2, 0.25) is 0 Å². The number of aliphatic hydroxyl groups is 1. The van der Waals surface area contributed by atoms with E-state index in [-0.39, 0.29) is 25.1 Å². The fraction of sp³-hybridized carbons (Fsp3) is 0.571. The first-order chi connectivity index (χ1) is 9.65. The largest absolute Gasteiger partial charge is 0.389 e. The van der Waals surface area contributed by atoms with Gasteiger partial charge in [-0.25, -0.2) is 4.39 Å². The standard InChI is InChI=1S/C14H19BrFNO3/c15-10-3-4-14(13(16)6-10)17-7-11(18)8-19-9-12-2-1-5-20-12/h3-4,6,11-12,17-18H,1-2,5,7-9H2. The molecule has 20 heavy (non-hydrogen) atoms. The zero-order chi connectivity index (χ0) is 14.4. The molecular formula is C14H19BrFNO3. The highest BCUT2D eigenvalue weighted by atomic mass is 79.9. The number of rotatable bonds is 7. The molecule has 0 radical (unpaired) electrons. The summed E-state index contributed by atoms with van der Waals surface area (Å²) in [5.74, 6) is -0.355. The molecule has 2 unspecified atom stereocenters. The summed E-state index contributed by atoms with van der Waals surface area (Å²) in [7, 11) is 0. The van der Waals surface area contributed by atoms with Crippen LogP contribution in [0.15, 0.2) is 22.7 Å². The lowest BCUT2D eigenvalue weighted by atomic mass is 10.2. The van der Waals surface area contributed by atoms with Crippen LogP contribution in [0, 0.1) is 5.82 Å². The Morgan fingerprint density at radius 1 is 1.55 bits per heavy atom. The predicted molar refractivity (Wildman–Crippen MR) is 78.4 cm³/mol. The molecule has 0 saturated carbocycles. The van der Waals surface area contributed by atoms with Gasteiger partial charge < -0.3 is 19.9 Å². The van der Waals surface area contributed by atoms with Crippen molar-refractivity contribution < 1.29 is 19.0 Å². The molecule has 1 aromatic rings. The average Bonchev–Trinajstić information content (AvgIpc) is 2.91. The highest BCUT2D eigenvalue weighted by Gasteiger charge is 2.16. The molecule has 4 nitrogen and oxygen atoms in total. The minimum Gasteiger partial charge on any atom is -0.389 e. The van der Waals surface area contributed by atoms with E-state index < -0.39 is 6.10 Å². The Kier molecular flexibility index (Phi) is 6.22. The summed E-state index contributed by atoms with van der Waals surface area (Å²) in [5, 5.41) is 12.6. The van der Waals surface area contributed by atoms with Crippen molar-refractivity contribution in [3.63, 3.8) is 0 Å². The lowest BCUT2D eigenvalue weighted by molar-refractivity contribution is -0.0137. The number of hydrogen-bond donors (Lipinski definition) is 2. The van der Waals surface area contributed by atoms with Crippen LogP contribution in [-0.2, 0) is 9.47 Å². The van der Waals surface area contributed by atoms with Gasteiger partial charge in [0.1, 0.15) is 5.82 Å². The molecule has 1 fully saturated rings. The maximum Gasteiger partial charge on any atom is 0.147 e. The van der Waals surface area contributed by atoms with E-state index in [1.165, 1.54) is 6.07 Å². The second kappa shape index (κ2) is 7.93. The summed E-state index contributed by atoms with van der Waals surface area (Å²) >= 11 is 3.19. The normalized spacial score (nSPS) is 20.1. The van der Waals surface area contributed by atoms with Crippen LogP contribution in [0.1, 0.15) is 12.8 Å². The van der Waals surface area contributed by atoms with Gasteiger partial charge in [0.25, 0.3) is 0 Å². The summed E-state index contributed by atoms with van der Waals surface area (Å²) < 4.78 is 25.0. The SMILES string of the molecule is OC(CNc1ccc(Br)cc1F)COCC1CCCO1. The topological polar surface area (TPSA) is 50.7 Å². The second-order valence-corrected chi connectivity index (χ2v) is 5.75. The second-order valence-electron chi connectivity index (χ2n) is 4.83. The van der Waals surface area contributed by atoms with Crippen molar-refractivity contribution in [3.05, 3.63) is 28.5 Å². The Morgan fingerprint density at radius 2 is 2.40 bits per heavy atom. The van der Waals surface area contributed by atoms with Crippen LogP contribution in [0.3, 0.4) is 0 Å². The van der Waals surface area contributed by atoms with Crippen molar-refractivity contribution in [1.29, 1.82) is 0 Å². The lowest BCUT2D eigenvalue weighted by Crippen LogP contribution is -2.27. The smallest absolute Gasteiger partial charge is 0.147 e. The number of anilines is 1. The third kappa shape index (κ3) is 5.01. The monoisotopic (exact) mass is 347 g/mol. The van der Waals surface area contributed by atoms with Crippen molar-refractivity contribution in [2.75, 3.05) is 31.7 Å². The zero-order valence-corrected chi connectivity index (χ0v) is 12.7. The number of halogens is 2. The Bertz CT molecular complexity index is 427. The van der Waals surface area contributed by atoms with Gasteiger partial charge in [0.05, 0.1) is 31.1 Å². The fourth-order valence-corrected chi connectivity index (χ4v) is 2.36. The first kappa shape index (κ1) is 15.7. The quantitative estimate of drug-likeness (QED) is 0.795. The molecule has 2 rings (SSSR count). The number of aliphatic hydroxyl groups excluding tert-OH is 1. The van der Waals surface area contributed by atoms with Gasteiger partial charge in [-0.05, 0) is 31.0 Å². The van der Waals surface area contributed by atoms with Crippen LogP contribution < -0.4 is 5.32 Å². The van der Waals surface area contributed by atoms with Crippen LogP contribution in [0.5, 0.6) is 0 Å². The number of hydrogen-bond acceptors (Lipinski definition) is 4. The molecule has 1 heterocycles. The van der Waals surface area contributed by atoms with Gasteiger partial charge >= 0.3 is 0 Å². The summed E-state index contributed by atoms with van der Waals surface area (Å²) in [6, 6.07) is 4.74. The van der Waals surface area contributed by atoms with Crippen molar-refractivity contribution >= 4 is 21.6 Å². The number of benzene rings is 1. The van der Waals surface area contributed by atoms with E-state index in [1.54, 1.807) is 12.1 Å². The van der Waals surface area contributed by atoms with E-state index in [2.05, 4.69) is 21.2 Å². The van der Waals surface area contributed by atoms with E-state index in [9.17, 15) is 9.50 Å². The molecular weight excluding hydrogens is 329 g/mol. The molecule has 2 N–H and O–H groups in total. The molecule has 0 spiro atoms. The van der Waals surface area contributed by atoms with E-state index in [1.807, 2.05) is 0 Å². The first-order valence-corrected chi connectivity index (χ1v) is 7.51. The molecule has 1 aromatic carbocycles. The van der Waals surface area contributed by atoms with Crippen LogP contribution in [0.25, 0.3) is 0 Å². The molecule has 2 atom stereocenters. The highest BCUT2D eigenvalue weighted by molar-refractivity contribution is 9.10. The summed E-state index contributed by atoms with van der Waals surface area (Å²) in [6.07, 6.45) is 1.55. The van der Waals surface area contributed by atoms with Crippen LogP contribution in [-0.4, -0.2) is 43.7 Å². The van der Waals surface area contributed by atoms with E-state index >= 15 is 0 Å².